The van der Waals surface area contributed by atoms with Crippen LogP contribution in [0.25, 0.3) is 0 Å². The fourth-order valence-electron chi connectivity index (χ4n) is 2.04. The summed E-state index contributed by atoms with van der Waals surface area (Å²) in [5.41, 5.74) is 1.55. The largest absolute Gasteiger partial charge is 0.495 e. The van der Waals surface area contributed by atoms with Crippen LogP contribution in [0.5, 0.6) is 5.75 Å². The quantitative estimate of drug-likeness (QED) is 0.836. The van der Waals surface area contributed by atoms with Gasteiger partial charge in [-0.15, -0.1) is 0 Å². The molecule has 1 fully saturated rings. The van der Waals surface area contributed by atoms with Gasteiger partial charge in [0.2, 0.25) is 0 Å². The van der Waals surface area contributed by atoms with Gasteiger partial charge < -0.3 is 10.1 Å². The van der Waals surface area contributed by atoms with E-state index in [9.17, 15) is 0 Å². The molecule has 0 saturated carbocycles. The van der Waals surface area contributed by atoms with Crippen LogP contribution in [0.3, 0.4) is 0 Å². The van der Waals surface area contributed by atoms with Gasteiger partial charge in [0.05, 0.1) is 12.1 Å². The first-order valence-corrected chi connectivity index (χ1v) is 5.49. The predicted octanol–water partition coefficient (Wildman–Crippen LogP) is 3.02. The van der Waals surface area contributed by atoms with Crippen molar-refractivity contribution in [3.05, 3.63) is 28.8 Å². The van der Waals surface area contributed by atoms with E-state index < -0.39 is 0 Å². The van der Waals surface area contributed by atoms with Crippen molar-refractivity contribution in [1.29, 1.82) is 0 Å². The maximum atomic E-state index is 6.09. The van der Waals surface area contributed by atoms with Crippen LogP contribution in [0, 0.1) is 5.41 Å². The van der Waals surface area contributed by atoms with E-state index >= 15 is 0 Å². The Morgan fingerprint density at radius 3 is 2.60 bits per heavy atom. The normalized spacial score (nSPS) is 23.3. The molecule has 1 aromatic carbocycles. The lowest BCUT2D eigenvalue weighted by Crippen LogP contribution is -2.52. The Balaban J connectivity index is 2.27. The van der Waals surface area contributed by atoms with Crippen LogP contribution in [-0.4, -0.2) is 13.7 Å². The van der Waals surface area contributed by atoms with E-state index in [0.717, 1.165) is 12.3 Å². The first-order chi connectivity index (χ1) is 7.04. The topological polar surface area (TPSA) is 21.3 Å². The molecule has 82 valence electrons. The highest BCUT2D eigenvalue weighted by Gasteiger charge is 2.39. The van der Waals surface area contributed by atoms with Crippen molar-refractivity contribution in [3.63, 3.8) is 0 Å². The lowest BCUT2D eigenvalue weighted by Gasteiger charge is -2.46. The third kappa shape index (κ3) is 1.84. The molecule has 2 nitrogen and oxygen atoms in total. The third-order valence-corrected chi connectivity index (χ3v) is 3.35. The maximum Gasteiger partial charge on any atom is 0.137 e. The first-order valence-electron chi connectivity index (χ1n) is 5.11. The number of hydrogen-bond acceptors (Lipinski definition) is 2. The van der Waals surface area contributed by atoms with Crippen LogP contribution in [0.4, 0.5) is 0 Å². The molecule has 2 rings (SSSR count). The highest BCUT2D eigenvalue weighted by atomic mass is 35.5. The van der Waals surface area contributed by atoms with Crippen LogP contribution < -0.4 is 10.1 Å². The fraction of sp³-hybridized carbons (Fsp3) is 0.500. The van der Waals surface area contributed by atoms with Crippen molar-refractivity contribution in [2.24, 2.45) is 5.41 Å². The molecule has 1 N–H and O–H groups in total. The molecule has 0 radical (unpaired) electrons. The van der Waals surface area contributed by atoms with E-state index in [0.29, 0.717) is 16.5 Å². The molecule has 1 aliphatic heterocycles. The minimum Gasteiger partial charge on any atom is -0.495 e. The Labute approximate surface area is 95.6 Å². The second kappa shape index (κ2) is 3.69. The van der Waals surface area contributed by atoms with E-state index in [4.69, 9.17) is 16.3 Å². The summed E-state index contributed by atoms with van der Waals surface area (Å²) in [5.74, 6) is 0.734. The molecular formula is C12H16ClNO. The van der Waals surface area contributed by atoms with Gasteiger partial charge in [-0.05, 0) is 23.1 Å². The summed E-state index contributed by atoms with van der Waals surface area (Å²) in [7, 11) is 1.63. The molecule has 15 heavy (non-hydrogen) atoms. The number of rotatable bonds is 2. The van der Waals surface area contributed by atoms with Gasteiger partial charge in [0.15, 0.2) is 0 Å². The zero-order valence-corrected chi connectivity index (χ0v) is 10.1. The van der Waals surface area contributed by atoms with Crippen LogP contribution in [0.1, 0.15) is 25.5 Å². The summed E-state index contributed by atoms with van der Waals surface area (Å²) >= 11 is 6.09. The van der Waals surface area contributed by atoms with Crippen LogP contribution >= 0.6 is 11.6 Å². The second-order valence-corrected chi connectivity index (χ2v) is 5.10. The molecule has 1 aromatic rings. The highest BCUT2D eigenvalue weighted by molar-refractivity contribution is 6.32. The van der Waals surface area contributed by atoms with E-state index in [1.807, 2.05) is 12.1 Å². The number of benzene rings is 1. The Hall–Kier alpha value is -0.730. The van der Waals surface area contributed by atoms with Gasteiger partial charge in [-0.2, -0.15) is 0 Å². The van der Waals surface area contributed by atoms with E-state index in [1.165, 1.54) is 5.56 Å². The van der Waals surface area contributed by atoms with Gasteiger partial charge in [0.25, 0.3) is 0 Å². The summed E-state index contributed by atoms with van der Waals surface area (Å²) in [6, 6.07) is 6.39. The molecule has 1 unspecified atom stereocenters. The lowest BCUT2D eigenvalue weighted by molar-refractivity contribution is 0.128. The number of methoxy groups -OCH3 is 1. The number of ether oxygens (including phenoxy) is 1. The second-order valence-electron chi connectivity index (χ2n) is 4.70. The van der Waals surface area contributed by atoms with Gasteiger partial charge in [-0.1, -0.05) is 31.5 Å². The lowest BCUT2D eigenvalue weighted by atomic mass is 9.74. The van der Waals surface area contributed by atoms with Crippen molar-refractivity contribution in [2.75, 3.05) is 13.7 Å². The van der Waals surface area contributed by atoms with Crippen molar-refractivity contribution in [1.82, 2.24) is 5.32 Å². The van der Waals surface area contributed by atoms with Gasteiger partial charge in [0, 0.05) is 12.6 Å². The van der Waals surface area contributed by atoms with Gasteiger partial charge in [-0.25, -0.2) is 0 Å². The molecule has 0 aliphatic carbocycles. The molecule has 0 bridgehead atoms. The first kappa shape index (κ1) is 10.8. The average molecular weight is 226 g/mol. The maximum absolute atomic E-state index is 6.09. The average Bonchev–Trinajstić information content (AvgIpc) is 2.17. The zero-order valence-electron chi connectivity index (χ0n) is 9.30. The third-order valence-electron chi connectivity index (χ3n) is 3.05. The van der Waals surface area contributed by atoms with Crippen molar-refractivity contribution < 1.29 is 4.74 Å². The molecule has 1 heterocycles. The molecular weight excluding hydrogens is 210 g/mol. The number of halogens is 1. The summed E-state index contributed by atoms with van der Waals surface area (Å²) in [6.45, 7) is 5.57. The highest BCUT2D eigenvalue weighted by Crippen LogP contribution is 2.41. The van der Waals surface area contributed by atoms with Crippen LogP contribution in [0.2, 0.25) is 5.02 Å². The molecule has 1 atom stereocenters. The Kier molecular flexibility index (Phi) is 2.65. The molecule has 1 saturated heterocycles. The van der Waals surface area contributed by atoms with E-state index in [-0.39, 0.29) is 0 Å². The van der Waals surface area contributed by atoms with Crippen LogP contribution in [0.15, 0.2) is 18.2 Å². The molecule has 0 spiro atoms. The van der Waals surface area contributed by atoms with Crippen molar-refractivity contribution in [3.8, 4) is 5.75 Å². The predicted molar refractivity (Wildman–Crippen MR) is 62.5 cm³/mol. The number of hydrogen-bond donors (Lipinski definition) is 1. The summed E-state index contributed by atoms with van der Waals surface area (Å²) in [4.78, 5) is 0. The van der Waals surface area contributed by atoms with Crippen molar-refractivity contribution in [2.45, 2.75) is 19.9 Å². The van der Waals surface area contributed by atoms with Gasteiger partial charge >= 0.3 is 0 Å². The monoisotopic (exact) mass is 225 g/mol. The van der Waals surface area contributed by atoms with Crippen LogP contribution in [-0.2, 0) is 0 Å². The smallest absolute Gasteiger partial charge is 0.137 e. The molecule has 0 amide bonds. The zero-order chi connectivity index (χ0) is 11.1. The van der Waals surface area contributed by atoms with Crippen molar-refractivity contribution >= 4 is 11.6 Å². The fourth-order valence-corrected chi connectivity index (χ4v) is 2.31. The molecule has 0 aromatic heterocycles. The molecule has 1 aliphatic rings. The SMILES string of the molecule is COc1ccc(C2NCC2(C)C)cc1Cl. The Bertz CT molecular complexity index is 376. The van der Waals surface area contributed by atoms with Gasteiger partial charge in [0.1, 0.15) is 5.75 Å². The number of nitrogens with one attached hydrogen (secondary N) is 1. The minimum atomic E-state index is 0.317. The standard InChI is InChI=1S/C12H16ClNO/c1-12(2)7-14-11(12)8-4-5-10(15-3)9(13)6-8/h4-6,11,14H,7H2,1-3H3. The Morgan fingerprint density at radius 2 is 2.20 bits per heavy atom. The van der Waals surface area contributed by atoms with Gasteiger partial charge in [-0.3, -0.25) is 0 Å². The van der Waals surface area contributed by atoms with E-state index in [1.54, 1.807) is 7.11 Å². The summed E-state index contributed by atoms with van der Waals surface area (Å²) in [6.07, 6.45) is 0. The summed E-state index contributed by atoms with van der Waals surface area (Å²) in [5, 5.41) is 4.10. The van der Waals surface area contributed by atoms with E-state index in [2.05, 4.69) is 25.2 Å². The Morgan fingerprint density at radius 1 is 1.47 bits per heavy atom. The molecule has 3 heteroatoms. The minimum absolute atomic E-state index is 0.317. The summed E-state index contributed by atoms with van der Waals surface area (Å²) < 4.78 is 5.13.